The van der Waals surface area contributed by atoms with Crippen LogP contribution in [0.15, 0.2) is 35.5 Å². The van der Waals surface area contributed by atoms with E-state index in [0.717, 1.165) is 17.0 Å². The van der Waals surface area contributed by atoms with Crippen LogP contribution in [0.3, 0.4) is 0 Å². The summed E-state index contributed by atoms with van der Waals surface area (Å²) in [5, 5.41) is 3.83. The molecule has 0 bridgehead atoms. The van der Waals surface area contributed by atoms with Crippen LogP contribution in [0.1, 0.15) is 25.5 Å². The van der Waals surface area contributed by atoms with Gasteiger partial charge in [-0.1, -0.05) is 12.1 Å². The molecule has 0 fully saturated rings. The summed E-state index contributed by atoms with van der Waals surface area (Å²) in [5.41, 5.74) is 2.32. The van der Waals surface area contributed by atoms with Crippen molar-refractivity contribution in [3.63, 3.8) is 0 Å². The topological polar surface area (TPSA) is 50.8 Å². The molecule has 0 radical (unpaired) electrons. The maximum atomic E-state index is 12.2. The van der Waals surface area contributed by atoms with E-state index < -0.39 is 0 Å². The van der Waals surface area contributed by atoms with Gasteiger partial charge in [0.15, 0.2) is 5.11 Å². The molecule has 2 rings (SSSR count). The molecule has 5 nitrogen and oxygen atoms in total. The van der Waals surface area contributed by atoms with Crippen molar-refractivity contribution in [3.8, 4) is 5.75 Å². The third-order valence-corrected chi connectivity index (χ3v) is 4.11. The molecule has 22 heavy (non-hydrogen) atoms. The van der Waals surface area contributed by atoms with Crippen LogP contribution in [0, 0.1) is 0 Å². The Kier molecular flexibility index (Phi) is 5.03. The van der Waals surface area contributed by atoms with Gasteiger partial charge in [0.2, 0.25) is 0 Å². The molecule has 6 heteroatoms. The number of carbonyl (C=O) groups excluding carboxylic acids is 1. The van der Waals surface area contributed by atoms with Crippen LogP contribution >= 0.6 is 12.2 Å². The summed E-state index contributed by atoms with van der Waals surface area (Å²) in [6, 6.07) is 7.22. The van der Waals surface area contributed by atoms with Crippen LogP contribution in [-0.4, -0.2) is 36.7 Å². The molecule has 0 amide bonds. The van der Waals surface area contributed by atoms with Crippen LogP contribution in [-0.2, 0) is 9.53 Å². The standard InChI is InChI=1S/C16H20N2O3S/c1-5-18-10(2)13(15(19)21-4)14(17-16(18)22)11-6-8-12(20-3)9-7-11/h6-9,14H,5H2,1-4H3,(H,17,22). The van der Waals surface area contributed by atoms with Crippen molar-refractivity contribution in [2.75, 3.05) is 20.8 Å². The summed E-state index contributed by atoms with van der Waals surface area (Å²) in [5.74, 6) is 0.407. The third-order valence-electron chi connectivity index (χ3n) is 3.77. The number of benzene rings is 1. The van der Waals surface area contributed by atoms with Crippen LogP contribution in [0.25, 0.3) is 0 Å². The summed E-state index contributed by atoms with van der Waals surface area (Å²) >= 11 is 5.41. The maximum Gasteiger partial charge on any atom is 0.337 e. The normalized spacial score (nSPS) is 18.1. The van der Waals surface area contributed by atoms with Gasteiger partial charge in [0, 0.05) is 12.2 Å². The SMILES string of the molecule is CCN1C(=S)NC(c2ccc(OC)cc2)C(C(=O)OC)=C1C. The third kappa shape index (κ3) is 2.92. The van der Waals surface area contributed by atoms with Crippen molar-refractivity contribution < 1.29 is 14.3 Å². The lowest BCUT2D eigenvalue weighted by Crippen LogP contribution is -2.47. The number of esters is 1. The van der Waals surface area contributed by atoms with Crippen molar-refractivity contribution in [2.24, 2.45) is 0 Å². The fraction of sp³-hybridized carbons (Fsp3) is 0.375. The maximum absolute atomic E-state index is 12.2. The van der Waals surface area contributed by atoms with Gasteiger partial charge in [-0.2, -0.15) is 0 Å². The highest BCUT2D eigenvalue weighted by Crippen LogP contribution is 2.31. The fourth-order valence-corrected chi connectivity index (χ4v) is 2.97. The van der Waals surface area contributed by atoms with Crippen molar-refractivity contribution in [1.29, 1.82) is 0 Å². The second kappa shape index (κ2) is 6.79. The van der Waals surface area contributed by atoms with Crippen molar-refractivity contribution in [3.05, 3.63) is 41.1 Å². The van der Waals surface area contributed by atoms with E-state index in [2.05, 4.69) is 5.32 Å². The predicted octanol–water partition coefficient (Wildman–Crippen LogP) is 2.39. The van der Waals surface area contributed by atoms with E-state index in [-0.39, 0.29) is 12.0 Å². The minimum atomic E-state index is -0.355. The Morgan fingerprint density at radius 3 is 2.45 bits per heavy atom. The monoisotopic (exact) mass is 320 g/mol. The summed E-state index contributed by atoms with van der Waals surface area (Å²) in [4.78, 5) is 14.1. The van der Waals surface area contributed by atoms with Gasteiger partial charge < -0.3 is 19.7 Å². The molecular weight excluding hydrogens is 300 g/mol. The second-order valence-corrected chi connectivity index (χ2v) is 5.28. The van der Waals surface area contributed by atoms with Gasteiger partial charge in [-0.25, -0.2) is 4.79 Å². The van der Waals surface area contributed by atoms with Crippen molar-refractivity contribution >= 4 is 23.3 Å². The van der Waals surface area contributed by atoms with E-state index in [0.29, 0.717) is 17.2 Å². The number of rotatable bonds is 4. The zero-order chi connectivity index (χ0) is 16.3. The number of methoxy groups -OCH3 is 2. The number of nitrogens with one attached hydrogen (secondary N) is 1. The number of ether oxygens (including phenoxy) is 2. The smallest absolute Gasteiger partial charge is 0.337 e. The zero-order valence-corrected chi connectivity index (χ0v) is 14.0. The molecule has 1 heterocycles. The molecule has 1 aliphatic rings. The predicted molar refractivity (Wildman–Crippen MR) is 88.6 cm³/mol. The number of thiocarbonyl (C=S) groups is 1. The molecule has 1 aliphatic heterocycles. The summed E-state index contributed by atoms with van der Waals surface area (Å²) in [6.07, 6.45) is 0. The molecule has 0 saturated carbocycles. The van der Waals surface area contributed by atoms with E-state index in [1.165, 1.54) is 7.11 Å². The highest BCUT2D eigenvalue weighted by molar-refractivity contribution is 7.80. The molecule has 0 spiro atoms. The van der Waals surface area contributed by atoms with Crippen LogP contribution < -0.4 is 10.1 Å². The first-order valence-electron chi connectivity index (χ1n) is 7.04. The number of nitrogens with zero attached hydrogens (tertiary/aromatic N) is 1. The van der Waals surface area contributed by atoms with Gasteiger partial charge in [0.1, 0.15) is 5.75 Å². The Morgan fingerprint density at radius 2 is 1.95 bits per heavy atom. The lowest BCUT2D eigenvalue weighted by Gasteiger charge is -2.36. The van der Waals surface area contributed by atoms with E-state index in [1.54, 1.807) is 7.11 Å². The molecule has 1 unspecified atom stereocenters. The van der Waals surface area contributed by atoms with Crippen LogP contribution in [0.5, 0.6) is 5.75 Å². The van der Waals surface area contributed by atoms with Crippen LogP contribution in [0.4, 0.5) is 0 Å². The van der Waals surface area contributed by atoms with Crippen molar-refractivity contribution in [1.82, 2.24) is 10.2 Å². The minimum absolute atomic E-state index is 0.325. The van der Waals surface area contributed by atoms with E-state index in [4.69, 9.17) is 21.7 Å². The quantitative estimate of drug-likeness (QED) is 0.679. The fourth-order valence-electron chi connectivity index (χ4n) is 2.58. The van der Waals surface area contributed by atoms with Gasteiger partial charge in [-0.3, -0.25) is 0 Å². The van der Waals surface area contributed by atoms with E-state index >= 15 is 0 Å². The first-order valence-corrected chi connectivity index (χ1v) is 7.45. The number of carbonyl (C=O) groups is 1. The van der Waals surface area contributed by atoms with Gasteiger partial charge in [-0.15, -0.1) is 0 Å². The molecule has 1 N–H and O–H groups in total. The first-order chi connectivity index (χ1) is 10.5. The number of hydrogen-bond acceptors (Lipinski definition) is 4. The molecule has 1 aromatic carbocycles. The van der Waals surface area contributed by atoms with Crippen LogP contribution in [0.2, 0.25) is 0 Å². The van der Waals surface area contributed by atoms with E-state index in [9.17, 15) is 4.79 Å². The van der Waals surface area contributed by atoms with Crippen molar-refractivity contribution in [2.45, 2.75) is 19.9 Å². The highest BCUT2D eigenvalue weighted by atomic mass is 32.1. The molecular formula is C16H20N2O3S. The highest BCUT2D eigenvalue weighted by Gasteiger charge is 2.33. The Hall–Kier alpha value is -2.08. The average Bonchev–Trinajstić information content (AvgIpc) is 2.54. The second-order valence-electron chi connectivity index (χ2n) is 4.89. The van der Waals surface area contributed by atoms with Gasteiger partial charge in [0.25, 0.3) is 0 Å². The summed E-state index contributed by atoms with van der Waals surface area (Å²) in [7, 11) is 3.00. The lowest BCUT2D eigenvalue weighted by atomic mass is 9.95. The van der Waals surface area contributed by atoms with Gasteiger partial charge in [0.05, 0.1) is 25.8 Å². The molecule has 118 valence electrons. The Morgan fingerprint density at radius 1 is 1.32 bits per heavy atom. The average molecular weight is 320 g/mol. The molecule has 0 aromatic heterocycles. The first kappa shape index (κ1) is 16.3. The molecule has 0 saturated heterocycles. The zero-order valence-electron chi connectivity index (χ0n) is 13.2. The summed E-state index contributed by atoms with van der Waals surface area (Å²) in [6.45, 7) is 4.56. The Bertz CT molecular complexity index is 610. The number of hydrogen-bond donors (Lipinski definition) is 1. The molecule has 1 aromatic rings. The summed E-state index contributed by atoms with van der Waals surface area (Å²) < 4.78 is 10.1. The Labute approximate surface area is 135 Å². The Balaban J connectivity index is 2.49. The molecule has 1 atom stereocenters. The molecule has 0 aliphatic carbocycles. The van der Waals surface area contributed by atoms with Gasteiger partial charge >= 0.3 is 5.97 Å². The minimum Gasteiger partial charge on any atom is -0.497 e. The van der Waals surface area contributed by atoms with Gasteiger partial charge in [-0.05, 0) is 43.8 Å². The lowest BCUT2D eigenvalue weighted by molar-refractivity contribution is -0.136. The number of allylic oxidation sites excluding steroid dienone is 1. The largest absolute Gasteiger partial charge is 0.497 e. The van der Waals surface area contributed by atoms with E-state index in [1.807, 2.05) is 43.0 Å².